The number of hydrogen-bond acceptors (Lipinski definition) is 3. The third-order valence-corrected chi connectivity index (χ3v) is 2.52. The average molecular weight is 237 g/mol. The van der Waals surface area contributed by atoms with Gasteiger partial charge in [-0.05, 0) is 13.0 Å². The van der Waals surface area contributed by atoms with E-state index in [0.29, 0.717) is 6.61 Å². The van der Waals surface area contributed by atoms with Crippen LogP contribution in [0.2, 0.25) is 0 Å². The fourth-order valence-corrected chi connectivity index (χ4v) is 1.48. The molecule has 0 aromatic rings. The van der Waals surface area contributed by atoms with Gasteiger partial charge in [0.15, 0.2) is 6.29 Å². The van der Waals surface area contributed by atoms with Crippen LogP contribution in [0.15, 0.2) is 12.2 Å². The molecule has 0 unspecified atom stereocenters. The molecule has 1 heterocycles. The van der Waals surface area contributed by atoms with Crippen LogP contribution in [0.5, 0.6) is 0 Å². The lowest BCUT2D eigenvalue weighted by molar-refractivity contribution is -0.151. The maximum Gasteiger partial charge on any atom is 0.177 e. The first-order chi connectivity index (χ1) is 5.77. The molecule has 1 rings (SSSR count). The predicted octanol–water partition coefficient (Wildman–Crippen LogP) is 1.06. The van der Waals surface area contributed by atoms with E-state index in [1.165, 1.54) is 0 Å². The van der Waals surface area contributed by atoms with Crippen molar-refractivity contribution < 1.29 is 14.6 Å². The van der Waals surface area contributed by atoms with E-state index in [0.717, 1.165) is 0 Å². The molecule has 0 aromatic heterocycles. The minimum atomic E-state index is -0.305. The van der Waals surface area contributed by atoms with E-state index in [1.54, 1.807) is 0 Å². The number of hydrogen-bond donors (Lipinski definition) is 1. The van der Waals surface area contributed by atoms with Crippen LogP contribution in [0.4, 0.5) is 0 Å². The maximum atomic E-state index is 8.90. The molecule has 70 valence electrons. The minimum absolute atomic E-state index is 0.00380. The molecule has 0 amide bonds. The van der Waals surface area contributed by atoms with Crippen molar-refractivity contribution in [2.24, 2.45) is 0 Å². The summed E-state index contributed by atoms with van der Waals surface area (Å²) in [6.45, 7) is 2.52. The largest absolute Gasteiger partial charge is 0.394 e. The van der Waals surface area contributed by atoms with Crippen molar-refractivity contribution in [3.63, 3.8) is 0 Å². The molecule has 0 radical (unpaired) electrons. The van der Waals surface area contributed by atoms with Gasteiger partial charge in [-0.1, -0.05) is 22.0 Å². The minimum Gasteiger partial charge on any atom is -0.394 e. The summed E-state index contributed by atoms with van der Waals surface area (Å²) in [7, 11) is 0. The Bertz CT molecular complexity index is 160. The molecule has 12 heavy (non-hydrogen) atoms. The van der Waals surface area contributed by atoms with Crippen LogP contribution < -0.4 is 0 Å². The molecular weight excluding hydrogens is 224 g/mol. The van der Waals surface area contributed by atoms with Crippen LogP contribution in [0.25, 0.3) is 0 Å². The van der Waals surface area contributed by atoms with Crippen molar-refractivity contribution in [2.45, 2.75) is 24.1 Å². The third kappa shape index (κ3) is 2.55. The summed E-state index contributed by atoms with van der Waals surface area (Å²) in [6, 6.07) is 0. The van der Waals surface area contributed by atoms with Gasteiger partial charge in [0.1, 0.15) is 0 Å². The first-order valence-electron chi connectivity index (χ1n) is 3.98. The van der Waals surface area contributed by atoms with Gasteiger partial charge in [0.05, 0.1) is 17.5 Å². The van der Waals surface area contributed by atoms with Crippen LogP contribution in [-0.2, 0) is 9.47 Å². The zero-order valence-electron chi connectivity index (χ0n) is 6.94. The zero-order valence-corrected chi connectivity index (χ0v) is 8.53. The Morgan fingerprint density at radius 3 is 2.92 bits per heavy atom. The normalized spacial score (nSPS) is 35.4. The SMILES string of the molecule is CCO[C@H]1C=C[C@@H](Br)[C@@H](CO)O1. The number of alkyl halides is 1. The fourth-order valence-electron chi connectivity index (χ4n) is 1.02. The van der Waals surface area contributed by atoms with Crippen molar-refractivity contribution in [3.8, 4) is 0 Å². The van der Waals surface area contributed by atoms with Crippen molar-refractivity contribution >= 4 is 15.9 Å². The number of halogens is 1. The van der Waals surface area contributed by atoms with Gasteiger partial charge in [-0.2, -0.15) is 0 Å². The van der Waals surface area contributed by atoms with Crippen molar-refractivity contribution in [3.05, 3.63) is 12.2 Å². The lowest BCUT2D eigenvalue weighted by Gasteiger charge is -2.27. The highest BCUT2D eigenvalue weighted by Gasteiger charge is 2.24. The third-order valence-electron chi connectivity index (χ3n) is 1.63. The quantitative estimate of drug-likeness (QED) is 0.589. The summed E-state index contributed by atoms with van der Waals surface area (Å²) >= 11 is 3.37. The number of aliphatic hydroxyl groups excluding tert-OH is 1. The van der Waals surface area contributed by atoms with E-state index in [2.05, 4.69) is 15.9 Å². The van der Waals surface area contributed by atoms with Gasteiger partial charge in [0.2, 0.25) is 0 Å². The van der Waals surface area contributed by atoms with Crippen molar-refractivity contribution in [1.29, 1.82) is 0 Å². The highest BCUT2D eigenvalue weighted by molar-refractivity contribution is 9.09. The van der Waals surface area contributed by atoms with Gasteiger partial charge < -0.3 is 14.6 Å². The second-order valence-corrected chi connectivity index (χ2v) is 3.57. The molecule has 3 nitrogen and oxygen atoms in total. The highest BCUT2D eigenvalue weighted by atomic mass is 79.9. The summed E-state index contributed by atoms with van der Waals surface area (Å²) < 4.78 is 10.6. The Hall–Kier alpha value is 0.1000. The van der Waals surface area contributed by atoms with Gasteiger partial charge >= 0.3 is 0 Å². The molecule has 0 aromatic carbocycles. The van der Waals surface area contributed by atoms with Crippen LogP contribution in [0.1, 0.15) is 6.92 Å². The molecule has 1 N–H and O–H groups in total. The molecule has 0 aliphatic carbocycles. The van der Waals surface area contributed by atoms with E-state index in [9.17, 15) is 0 Å². The number of aliphatic hydroxyl groups is 1. The van der Waals surface area contributed by atoms with E-state index < -0.39 is 0 Å². The lowest BCUT2D eigenvalue weighted by Crippen LogP contribution is -2.35. The van der Waals surface area contributed by atoms with Gasteiger partial charge in [-0.25, -0.2) is 0 Å². The molecular formula is C8H13BrO3. The van der Waals surface area contributed by atoms with E-state index in [-0.39, 0.29) is 23.8 Å². The summed E-state index contributed by atoms with van der Waals surface area (Å²) in [5.74, 6) is 0. The van der Waals surface area contributed by atoms with Crippen LogP contribution in [-0.4, -0.2) is 35.5 Å². The average Bonchev–Trinajstić information content (AvgIpc) is 2.09. The molecule has 0 saturated carbocycles. The molecule has 1 aliphatic rings. The Balaban J connectivity index is 2.46. The van der Waals surface area contributed by atoms with Gasteiger partial charge in [-0.15, -0.1) is 0 Å². The topological polar surface area (TPSA) is 38.7 Å². The predicted molar refractivity (Wildman–Crippen MR) is 49.2 cm³/mol. The fraction of sp³-hybridized carbons (Fsp3) is 0.750. The monoisotopic (exact) mass is 236 g/mol. The summed E-state index contributed by atoms with van der Waals surface area (Å²) in [4.78, 5) is 0.0826. The summed E-state index contributed by atoms with van der Waals surface area (Å²) in [5, 5.41) is 8.90. The van der Waals surface area contributed by atoms with Crippen LogP contribution >= 0.6 is 15.9 Å². The second kappa shape index (κ2) is 4.97. The van der Waals surface area contributed by atoms with Gasteiger partial charge in [0.25, 0.3) is 0 Å². The van der Waals surface area contributed by atoms with E-state index in [1.807, 2.05) is 19.1 Å². The number of rotatable bonds is 3. The molecule has 0 bridgehead atoms. The zero-order chi connectivity index (χ0) is 8.97. The number of ether oxygens (including phenoxy) is 2. The Morgan fingerprint density at radius 1 is 1.58 bits per heavy atom. The van der Waals surface area contributed by atoms with Crippen LogP contribution in [0, 0.1) is 0 Å². The van der Waals surface area contributed by atoms with Crippen molar-refractivity contribution in [1.82, 2.24) is 0 Å². The van der Waals surface area contributed by atoms with Gasteiger partial charge in [0, 0.05) is 6.61 Å². The van der Waals surface area contributed by atoms with E-state index in [4.69, 9.17) is 14.6 Å². The molecule has 0 fully saturated rings. The van der Waals surface area contributed by atoms with E-state index >= 15 is 0 Å². The van der Waals surface area contributed by atoms with Crippen molar-refractivity contribution in [2.75, 3.05) is 13.2 Å². The summed E-state index contributed by atoms with van der Waals surface area (Å²) in [6.07, 6.45) is 3.27. The smallest absolute Gasteiger partial charge is 0.177 e. The maximum absolute atomic E-state index is 8.90. The molecule has 4 heteroatoms. The van der Waals surface area contributed by atoms with Gasteiger partial charge in [-0.3, -0.25) is 0 Å². The second-order valence-electron chi connectivity index (χ2n) is 2.51. The molecule has 0 spiro atoms. The summed E-state index contributed by atoms with van der Waals surface area (Å²) in [5.41, 5.74) is 0. The Labute approximate surface area is 80.5 Å². The lowest BCUT2D eigenvalue weighted by atomic mass is 10.2. The highest BCUT2D eigenvalue weighted by Crippen LogP contribution is 2.19. The first kappa shape index (κ1) is 10.2. The Kier molecular flexibility index (Phi) is 4.21. The van der Waals surface area contributed by atoms with Crippen LogP contribution in [0.3, 0.4) is 0 Å². The molecule has 1 aliphatic heterocycles. The Morgan fingerprint density at radius 2 is 2.33 bits per heavy atom. The molecule has 0 saturated heterocycles. The first-order valence-corrected chi connectivity index (χ1v) is 4.89. The standard InChI is InChI=1S/C8H13BrO3/c1-2-11-8-4-3-6(9)7(5-10)12-8/h3-4,6-8,10H,2,5H2,1H3/t6-,7-,8-/m1/s1. The molecule has 3 atom stereocenters.